The molecule has 4 heterocycles. The van der Waals surface area contributed by atoms with E-state index in [0.717, 1.165) is 17.0 Å². The van der Waals surface area contributed by atoms with Crippen molar-refractivity contribution in [3.05, 3.63) is 54.1 Å². The van der Waals surface area contributed by atoms with E-state index < -0.39 is 29.7 Å². The number of halogens is 2. The van der Waals surface area contributed by atoms with Crippen LogP contribution in [0.4, 0.5) is 25.0 Å². The average Bonchev–Trinajstić information content (AvgIpc) is 3.57. The number of carbonyl (C=O) groups excluding carboxylic acids is 4. The Labute approximate surface area is 233 Å². The molecule has 2 N–H and O–H groups in total. The monoisotopic (exact) mass is 570 g/mol. The normalized spacial score (nSPS) is 17.1. The minimum atomic E-state index is -0.857. The van der Waals surface area contributed by atoms with Crippen molar-refractivity contribution >= 4 is 41.0 Å². The van der Waals surface area contributed by atoms with Gasteiger partial charge >= 0.3 is 6.09 Å². The molecule has 1 aromatic carbocycles. The predicted molar refractivity (Wildman–Crippen MR) is 141 cm³/mol. The van der Waals surface area contributed by atoms with E-state index in [9.17, 15) is 19.2 Å². The molecule has 0 radical (unpaired) electrons. The van der Waals surface area contributed by atoms with Gasteiger partial charge in [0.15, 0.2) is 11.6 Å². The number of amides is 4. The number of hydrogen-bond donors (Lipinski definition) is 2. The fourth-order valence-corrected chi connectivity index (χ4v) is 4.68. The quantitative estimate of drug-likeness (QED) is 0.408. The number of hydrogen-bond acceptors (Lipinski definition) is 8. The number of ether oxygens (including phenoxy) is 1. The lowest BCUT2D eigenvalue weighted by molar-refractivity contribution is -0.130. The van der Waals surface area contributed by atoms with E-state index in [1.54, 1.807) is 29.8 Å². The van der Waals surface area contributed by atoms with Gasteiger partial charge in [0.05, 0.1) is 25.3 Å². The Morgan fingerprint density at radius 3 is 2.51 bits per heavy atom. The number of cyclic esters (lactones) is 1. The molecule has 2 saturated heterocycles. The van der Waals surface area contributed by atoms with Gasteiger partial charge in [-0.15, -0.1) is 0 Å². The number of nitrogens with zero attached hydrogens (tertiary/aromatic N) is 6. The number of anilines is 2. The zero-order valence-corrected chi connectivity index (χ0v) is 22.2. The molecular weight excluding hydrogens is 542 g/mol. The van der Waals surface area contributed by atoms with Crippen molar-refractivity contribution < 1.29 is 32.7 Å². The summed E-state index contributed by atoms with van der Waals surface area (Å²) in [6.45, 7) is 2.28. The number of imidazole rings is 1. The summed E-state index contributed by atoms with van der Waals surface area (Å²) in [5.41, 5.74) is -0.130. The third kappa shape index (κ3) is 6.02. The summed E-state index contributed by atoms with van der Waals surface area (Å²) in [5, 5.41) is 5.17. The Morgan fingerprint density at radius 1 is 1.10 bits per heavy atom. The SMILES string of the molecule is CCC(=O)NC[C@H]1CN(c2cc(F)c(N3CCN(C(=O)CNC(=O)c4cn5cccnc5n4)CC3)c(F)c2)C(=O)O1. The van der Waals surface area contributed by atoms with E-state index in [-0.39, 0.29) is 81.1 Å². The van der Waals surface area contributed by atoms with Crippen LogP contribution in [0.5, 0.6) is 0 Å². The highest BCUT2D eigenvalue weighted by atomic mass is 19.1. The molecular formula is C26H28F2N8O5. The molecule has 0 aliphatic carbocycles. The number of benzene rings is 1. The van der Waals surface area contributed by atoms with Crippen LogP contribution in [-0.2, 0) is 14.3 Å². The highest BCUT2D eigenvalue weighted by Gasteiger charge is 2.34. The van der Waals surface area contributed by atoms with Gasteiger partial charge in [0.2, 0.25) is 17.6 Å². The third-order valence-corrected chi connectivity index (χ3v) is 6.85. The molecule has 0 unspecified atom stereocenters. The molecule has 2 aromatic heterocycles. The first-order valence-electron chi connectivity index (χ1n) is 13.1. The van der Waals surface area contributed by atoms with Gasteiger partial charge in [-0.2, -0.15) is 0 Å². The minimum absolute atomic E-state index is 0.00372. The molecule has 0 spiro atoms. The second kappa shape index (κ2) is 11.7. The second-order valence-corrected chi connectivity index (χ2v) is 9.54. The van der Waals surface area contributed by atoms with Crippen LogP contribution in [0.25, 0.3) is 5.78 Å². The van der Waals surface area contributed by atoms with Crippen molar-refractivity contribution in [1.29, 1.82) is 0 Å². The van der Waals surface area contributed by atoms with Gasteiger partial charge in [0.1, 0.15) is 17.5 Å². The molecule has 0 saturated carbocycles. The first-order valence-corrected chi connectivity index (χ1v) is 13.1. The second-order valence-electron chi connectivity index (χ2n) is 9.54. The van der Waals surface area contributed by atoms with Crippen molar-refractivity contribution in [2.45, 2.75) is 19.4 Å². The van der Waals surface area contributed by atoms with E-state index in [1.807, 2.05) is 0 Å². The fourth-order valence-electron chi connectivity index (χ4n) is 4.68. The molecule has 2 aliphatic rings. The number of aromatic nitrogens is 3. The van der Waals surface area contributed by atoms with Crippen molar-refractivity contribution in [1.82, 2.24) is 29.9 Å². The molecule has 0 bridgehead atoms. The summed E-state index contributed by atoms with van der Waals surface area (Å²) in [7, 11) is 0. The van der Waals surface area contributed by atoms with Gasteiger partial charge in [0.25, 0.3) is 5.91 Å². The van der Waals surface area contributed by atoms with E-state index >= 15 is 8.78 Å². The van der Waals surface area contributed by atoms with Crippen molar-refractivity contribution in [3.63, 3.8) is 0 Å². The van der Waals surface area contributed by atoms with Gasteiger partial charge in [-0.3, -0.25) is 23.7 Å². The molecule has 4 amide bonds. The van der Waals surface area contributed by atoms with E-state index in [2.05, 4.69) is 20.6 Å². The molecule has 5 rings (SSSR count). The van der Waals surface area contributed by atoms with Gasteiger partial charge in [-0.25, -0.2) is 23.5 Å². The van der Waals surface area contributed by atoms with Crippen LogP contribution >= 0.6 is 0 Å². The fraction of sp³-hybridized carbons (Fsp3) is 0.385. The lowest BCUT2D eigenvalue weighted by Gasteiger charge is -2.36. The number of carbonyl (C=O) groups is 4. The van der Waals surface area contributed by atoms with E-state index in [4.69, 9.17) is 4.74 Å². The summed E-state index contributed by atoms with van der Waals surface area (Å²) in [5.74, 6) is -2.42. The number of piperazine rings is 1. The molecule has 41 heavy (non-hydrogen) atoms. The van der Waals surface area contributed by atoms with Crippen LogP contribution < -0.4 is 20.4 Å². The van der Waals surface area contributed by atoms with Crippen molar-refractivity contribution in [2.75, 3.05) is 55.6 Å². The molecule has 216 valence electrons. The Morgan fingerprint density at radius 2 is 1.83 bits per heavy atom. The van der Waals surface area contributed by atoms with Crippen LogP contribution in [0, 0.1) is 11.6 Å². The zero-order valence-electron chi connectivity index (χ0n) is 22.2. The average molecular weight is 571 g/mol. The number of rotatable bonds is 8. The van der Waals surface area contributed by atoms with Crippen LogP contribution in [0.15, 0.2) is 36.8 Å². The Balaban J connectivity index is 1.14. The number of nitrogens with one attached hydrogen (secondary N) is 2. The number of fused-ring (bicyclic) bond motifs is 1. The molecule has 2 fully saturated rings. The standard InChI is InChI=1S/C26H28F2N8O5/c1-2-21(37)30-12-17-14-36(26(40)41-17)16-10-18(27)23(19(28)11-16)34-8-6-33(7-9-34)22(38)13-31-24(39)20-15-35-5-3-4-29-25(35)32-20/h3-5,10-11,15,17H,2,6-9,12-14H2,1H3,(H,30,37)(H,31,39)/t17-/m0/s1. The Kier molecular flexibility index (Phi) is 7.94. The molecule has 1 atom stereocenters. The summed E-state index contributed by atoms with van der Waals surface area (Å²) >= 11 is 0. The van der Waals surface area contributed by atoms with Gasteiger partial charge in [-0.1, -0.05) is 6.92 Å². The first kappa shape index (κ1) is 27.7. The van der Waals surface area contributed by atoms with Crippen LogP contribution in [0.1, 0.15) is 23.8 Å². The summed E-state index contributed by atoms with van der Waals surface area (Å²) in [6.07, 6.45) is 3.63. The maximum absolute atomic E-state index is 15.1. The molecule has 3 aromatic rings. The third-order valence-electron chi connectivity index (χ3n) is 6.85. The lowest BCUT2D eigenvalue weighted by atomic mass is 10.2. The van der Waals surface area contributed by atoms with Gasteiger partial charge in [0, 0.05) is 63.3 Å². The van der Waals surface area contributed by atoms with Crippen LogP contribution in [-0.4, -0.2) is 95.0 Å². The molecule has 13 nitrogen and oxygen atoms in total. The summed E-state index contributed by atoms with van der Waals surface area (Å²) in [4.78, 5) is 61.1. The molecule has 2 aliphatic heterocycles. The van der Waals surface area contributed by atoms with E-state index in [1.165, 1.54) is 16.0 Å². The lowest BCUT2D eigenvalue weighted by Crippen LogP contribution is -2.51. The maximum atomic E-state index is 15.1. The largest absolute Gasteiger partial charge is 0.442 e. The van der Waals surface area contributed by atoms with E-state index in [0.29, 0.717) is 5.78 Å². The summed E-state index contributed by atoms with van der Waals surface area (Å²) in [6, 6.07) is 3.82. The Hall–Kier alpha value is -4.82. The summed E-state index contributed by atoms with van der Waals surface area (Å²) < 4.78 is 37.0. The van der Waals surface area contributed by atoms with Crippen molar-refractivity contribution in [3.8, 4) is 0 Å². The van der Waals surface area contributed by atoms with Crippen molar-refractivity contribution in [2.24, 2.45) is 0 Å². The molecule has 15 heteroatoms. The van der Waals surface area contributed by atoms with Crippen LogP contribution in [0.2, 0.25) is 0 Å². The first-order chi connectivity index (χ1) is 19.7. The predicted octanol–water partition coefficient (Wildman–Crippen LogP) is 0.938. The maximum Gasteiger partial charge on any atom is 0.414 e. The van der Waals surface area contributed by atoms with Crippen LogP contribution in [0.3, 0.4) is 0 Å². The smallest absolute Gasteiger partial charge is 0.414 e. The minimum Gasteiger partial charge on any atom is -0.442 e. The van der Waals surface area contributed by atoms with Gasteiger partial charge < -0.3 is 25.2 Å². The highest BCUT2D eigenvalue weighted by Crippen LogP contribution is 2.31. The zero-order chi connectivity index (χ0) is 29.1. The Bertz CT molecular complexity index is 1430. The highest BCUT2D eigenvalue weighted by molar-refractivity contribution is 5.95. The topological polar surface area (TPSA) is 141 Å². The van der Waals surface area contributed by atoms with Gasteiger partial charge in [-0.05, 0) is 6.07 Å².